The molecule has 3 heteroatoms. The molecular weight excluding hydrogens is 382 g/mol. The van der Waals surface area contributed by atoms with E-state index in [0.717, 1.165) is 55.5 Å². The molecule has 2 aromatic carbocycles. The van der Waals surface area contributed by atoms with Crippen LogP contribution in [0.15, 0.2) is 53.0 Å². The van der Waals surface area contributed by atoms with Gasteiger partial charge in [0, 0.05) is 6.42 Å². The van der Waals surface area contributed by atoms with Crippen LogP contribution in [-0.4, -0.2) is 16.2 Å². The Morgan fingerprint density at radius 3 is 2.48 bits per heavy atom. The number of aliphatic hydroxyl groups excluding tert-OH is 1. The highest BCUT2D eigenvalue weighted by Crippen LogP contribution is 2.24. The van der Waals surface area contributed by atoms with Gasteiger partial charge in [-0.2, -0.15) is 0 Å². The summed E-state index contributed by atoms with van der Waals surface area (Å²) in [6, 6.07) is 12.6. The lowest BCUT2D eigenvalue weighted by Crippen LogP contribution is -2.04. The molecule has 0 amide bonds. The zero-order chi connectivity index (χ0) is 21.7. The average Bonchev–Trinajstić information content (AvgIpc) is 3.17. The molecule has 31 heavy (non-hydrogen) atoms. The Bertz CT molecular complexity index is 875. The Labute approximate surface area is 187 Å². The van der Waals surface area contributed by atoms with Crippen LogP contribution in [0.5, 0.6) is 0 Å². The number of hydrogen-bond donors (Lipinski definition) is 1. The van der Waals surface area contributed by atoms with Crippen molar-refractivity contribution in [1.82, 2.24) is 4.98 Å². The highest BCUT2D eigenvalue weighted by molar-refractivity contribution is 5.94. The highest BCUT2D eigenvalue weighted by Gasteiger charge is 2.07. The molecule has 1 aromatic heterocycles. The van der Waals surface area contributed by atoms with Gasteiger partial charge in [0.1, 0.15) is 5.52 Å². The third-order valence-electron chi connectivity index (χ3n) is 6.03. The van der Waals surface area contributed by atoms with Crippen molar-refractivity contribution in [2.24, 2.45) is 0 Å². The van der Waals surface area contributed by atoms with E-state index in [1.807, 2.05) is 0 Å². The van der Waals surface area contributed by atoms with E-state index < -0.39 is 0 Å². The van der Waals surface area contributed by atoms with E-state index >= 15 is 0 Å². The molecule has 168 valence electrons. The molecule has 0 spiro atoms. The van der Waals surface area contributed by atoms with Crippen LogP contribution < -0.4 is 0 Å². The lowest BCUT2D eigenvalue weighted by Gasteiger charge is -2.07. The standard InChI is InChI=1S/C28H39NO2/c1-2-3-4-11-18-25(30)19-12-9-7-5-6-8-10-13-20-28-29-26-21-23-16-14-15-17-24(23)22-27(26)31-28/h9,12,14-17,21-22,25,30H,2-8,10-11,13,18-20H2,1H3/b12-9-/t25-/m1/s1. The number of rotatable bonds is 15. The number of aryl methyl sites for hydroxylation is 1. The maximum Gasteiger partial charge on any atom is 0.195 e. The van der Waals surface area contributed by atoms with Gasteiger partial charge in [0.25, 0.3) is 0 Å². The predicted molar refractivity (Wildman–Crippen MR) is 131 cm³/mol. The second-order valence-corrected chi connectivity index (χ2v) is 8.79. The third-order valence-corrected chi connectivity index (χ3v) is 6.03. The van der Waals surface area contributed by atoms with E-state index in [1.54, 1.807) is 0 Å². The molecule has 0 radical (unpaired) electrons. The SMILES string of the molecule is CCCCCC[C@@H](O)C/C=C\CCCCCCCc1nc2cc3ccccc3cc2o1. The van der Waals surface area contributed by atoms with Gasteiger partial charge in [-0.1, -0.05) is 88.3 Å². The third kappa shape index (κ3) is 8.14. The van der Waals surface area contributed by atoms with Crippen molar-refractivity contribution in [3.63, 3.8) is 0 Å². The van der Waals surface area contributed by atoms with Gasteiger partial charge in [-0.3, -0.25) is 0 Å². The lowest BCUT2D eigenvalue weighted by atomic mass is 10.1. The number of benzene rings is 2. The van der Waals surface area contributed by atoms with Gasteiger partial charge in [-0.25, -0.2) is 4.98 Å². The van der Waals surface area contributed by atoms with Crippen molar-refractivity contribution in [1.29, 1.82) is 0 Å². The molecule has 3 rings (SSSR count). The zero-order valence-electron chi connectivity index (χ0n) is 19.2. The molecule has 0 aliphatic heterocycles. The van der Waals surface area contributed by atoms with Gasteiger partial charge >= 0.3 is 0 Å². The molecule has 0 aliphatic carbocycles. The van der Waals surface area contributed by atoms with Crippen molar-refractivity contribution >= 4 is 21.9 Å². The summed E-state index contributed by atoms with van der Waals surface area (Å²) in [5, 5.41) is 12.4. The number of allylic oxidation sites excluding steroid dienone is 1. The van der Waals surface area contributed by atoms with Crippen molar-refractivity contribution in [2.75, 3.05) is 0 Å². The number of fused-ring (bicyclic) bond motifs is 2. The summed E-state index contributed by atoms with van der Waals surface area (Å²) >= 11 is 0. The summed E-state index contributed by atoms with van der Waals surface area (Å²) in [6.07, 6.45) is 19.1. The van der Waals surface area contributed by atoms with Gasteiger partial charge in [0.2, 0.25) is 0 Å². The zero-order valence-corrected chi connectivity index (χ0v) is 19.2. The van der Waals surface area contributed by atoms with Gasteiger partial charge in [-0.15, -0.1) is 0 Å². The smallest absolute Gasteiger partial charge is 0.195 e. The lowest BCUT2D eigenvalue weighted by molar-refractivity contribution is 0.163. The topological polar surface area (TPSA) is 46.3 Å². The van der Waals surface area contributed by atoms with Gasteiger partial charge in [0.05, 0.1) is 6.10 Å². The molecule has 0 aliphatic rings. The minimum Gasteiger partial charge on any atom is -0.441 e. The summed E-state index contributed by atoms with van der Waals surface area (Å²) in [7, 11) is 0. The number of hydrogen-bond acceptors (Lipinski definition) is 3. The van der Waals surface area contributed by atoms with Gasteiger partial charge < -0.3 is 9.52 Å². The van der Waals surface area contributed by atoms with E-state index in [2.05, 4.69) is 60.5 Å². The maximum atomic E-state index is 9.97. The Kier molecular flexibility index (Phi) is 10.1. The highest BCUT2D eigenvalue weighted by atomic mass is 16.3. The van der Waals surface area contributed by atoms with Crippen LogP contribution in [0.2, 0.25) is 0 Å². The van der Waals surface area contributed by atoms with E-state index in [-0.39, 0.29) is 6.10 Å². The maximum absolute atomic E-state index is 9.97. The van der Waals surface area contributed by atoms with Crippen molar-refractivity contribution in [3.8, 4) is 0 Å². The van der Waals surface area contributed by atoms with Crippen molar-refractivity contribution in [2.45, 2.75) is 96.5 Å². The molecule has 0 saturated carbocycles. The molecular formula is C28H39NO2. The minimum absolute atomic E-state index is 0.154. The first-order valence-corrected chi connectivity index (χ1v) is 12.4. The summed E-state index contributed by atoms with van der Waals surface area (Å²) < 4.78 is 5.96. The molecule has 0 fully saturated rings. The van der Waals surface area contributed by atoms with Crippen LogP contribution >= 0.6 is 0 Å². The first-order valence-electron chi connectivity index (χ1n) is 12.4. The van der Waals surface area contributed by atoms with Crippen LogP contribution in [0, 0.1) is 0 Å². The number of oxazole rings is 1. The molecule has 0 saturated heterocycles. The van der Waals surface area contributed by atoms with Crippen LogP contribution in [0.4, 0.5) is 0 Å². The quantitative estimate of drug-likeness (QED) is 0.199. The molecule has 1 N–H and O–H groups in total. The fraction of sp³-hybridized carbons (Fsp3) is 0.536. The molecule has 3 nitrogen and oxygen atoms in total. The van der Waals surface area contributed by atoms with Crippen LogP contribution in [-0.2, 0) is 6.42 Å². The predicted octanol–water partition coefficient (Wildman–Crippen LogP) is 8.14. The second-order valence-electron chi connectivity index (χ2n) is 8.79. The largest absolute Gasteiger partial charge is 0.441 e. The fourth-order valence-electron chi connectivity index (χ4n) is 4.13. The first kappa shape index (κ1) is 23.5. The number of aromatic nitrogens is 1. The Hall–Kier alpha value is -2.13. The molecule has 1 atom stereocenters. The summed E-state index contributed by atoms with van der Waals surface area (Å²) in [4.78, 5) is 4.68. The average molecular weight is 422 g/mol. The molecule has 0 unspecified atom stereocenters. The van der Waals surface area contributed by atoms with E-state index in [4.69, 9.17) is 4.42 Å². The normalized spacial score (nSPS) is 13.0. The monoisotopic (exact) mass is 421 g/mol. The summed E-state index contributed by atoms with van der Waals surface area (Å²) in [5.74, 6) is 0.862. The molecule has 3 aromatic rings. The number of nitrogens with zero attached hydrogens (tertiary/aromatic N) is 1. The number of unbranched alkanes of at least 4 members (excludes halogenated alkanes) is 8. The van der Waals surface area contributed by atoms with Crippen LogP contribution in [0.1, 0.15) is 89.9 Å². The van der Waals surface area contributed by atoms with E-state index in [9.17, 15) is 5.11 Å². The minimum atomic E-state index is -0.154. The Morgan fingerprint density at radius 1 is 0.903 bits per heavy atom. The van der Waals surface area contributed by atoms with Crippen molar-refractivity contribution < 1.29 is 9.52 Å². The second kappa shape index (κ2) is 13.3. The van der Waals surface area contributed by atoms with Gasteiger partial charge in [0.15, 0.2) is 11.5 Å². The summed E-state index contributed by atoms with van der Waals surface area (Å²) in [5.41, 5.74) is 1.86. The van der Waals surface area contributed by atoms with Crippen LogP contribution in [0.25, 0.3) is 21.9 Å². The fourth-order valence-corrected chi connectivity index (χ4v) is 4.13. The molecule has 1 heterocycles. The Balaban J connectivity index is 1.23. The first-order chi connectivity index (χ1) is 15.3. The number of aliphatic hydroxyl groups is 1. The van der Waals surface area contributed by atoms with Crippen LogP contribution in [0.3, 0.4) is 0 Å². The van der Waals surface area contributed by atoms with E-state index in [0.29, 0.717) is 0 Å². The van der Waals surface area contributed by atoms with Crippen molar-refractivity contribution in [3.05, 3.63) is 54.4 Å². The van der Waals surface area contributed by atoms with Gasteiger partial charge in [-0.05, 0) is 55.0 Å². The summed E-state index contributed by atoms with van der Waals surface area (Å²) in [6.45, 7) is 2.22. The molecule has 0 bridgehead atoms. The Morgan fingerprint density at radius 2 is 1.65 bits per heavy atom. The van der Waals surface area contributed by atoms with E-state index in [1.165, 1.54) is 55.7 Å².